The SMILES string of the molecule is CCN(CC)c1ccc(NC(=O)C2(C(=O)Nc3ccc(F)cc3)CC2)c(C)c1. The van der Waals surface area contributed by atoms with Crippen LogP contribution in [0.1, 0.15) is 32.3 Å². The molecular formula is C22H26FN3O2. The summed E-state index contributed by atoms with van der Waals surface area (Å²) < 4.78 is 13.0. The van der Waals surface area contributed by atoms with Crippen molar-refractivity contribution in [3.05, 3.63) is 53.8 Å². The van der Waals surface area contributed by atoms with E-state index >= 15 is 0 Å². The smallest absolute Gasteiger partial charge is 0.240 e. The fourth-order valence-electron chi connectivity index (χ4n) is 3.28. The number of nitrogens with zero attached hydrogens (tertiary/aromatic N) is 1. The van der Waals surface area contributed by atoms with Gasteiger partial charge in [-0.25, -0.2) is 4.39 Å². The number of rotatable bonds is 7. The van der Waals surface area contributed by atoms with Crippen molar-refractivity contribution < 1.29 is 14.0 Å². The molecule has 0 saturated heterocycles. The third-order valence-electron chi connectivity index (χ3n) is 5.31. The Morgan fingerprint density at radius 3 is 2.14 bits per heavy atom. The average Bonchev–Trinajstić information content (AvgIpc) is 3.49. The molecule has 1 fully saturated rings. The maximum atomic E-state index is 13.0. The Balaban J connectivity index is 1.70. The molecule has 2 N–H and O–H groups in total. The van der Waals surface area contributed by atoms with Crippen molar-refractivity contribution in [3.63, 3.8) is 0 Å². The fourth-order valence-corrected chi connectivity index (χ4v) is 3.28. The van der Waals surface area contributed by atoms with Crippen LogP contribution in [0.5, 0.6) is 0 Å². The van der Waals surface area contributed by atoms with E-state index < -0.39 is 5.41 Å². The number of nitrogens with one attached hydrogen (secondary N) is 2. The second-order valence-corrected chi connectivity index (χ2v) is 7.17. The molecule has 1 aliphatic rings. The monoisotopic (exact) mass is 383 g/mol. The molecule has 0 bridgehead atoms. The van der Waals surface area contributed by atoms with Crippen molar-refractivity contribution >= 4 is 28.9 Å². The van der Waals surface area contributed by atoms with Crippen LogP contribution in [0.2, 0.25) is 0 Å². The first-order valence-electron chi connectivity index (χ1n) is 9.63. The molecule has 6 heteroatoms. The van der Waals surface area contributed by atoms with Gasteiger partial charge in [0.1, 0.15) is 11.2 Å². The summed E-state index contributed by atoms with van der Waals surface area (Å²) in [5, 5.41) is 5.63. The topological polar surface area (TPSA) is 61.4 Å². The summed E-state index contributed by atoms with van der Waals surface area (Å²) in [7, 11) is 0. The summed E-state index contributed by atoms with van der Waals surface area (Å²) in [6.45, 7) is 7.97. The molecule has 2 aromatic carbocycles. The highest BCUT2D eigenvalue weighted by atomic mass is 19.1. The molecule has 1 saturated carbocycles. The summed E-state index contributed by atoms with van der Waals surface area (Å²) in [6, 6.07) is 11.4. The second kappa shape index (κ2) is 8.00. The van der Waals surface area contributed by atoms with Crippen LogP contribution in [-0.4, -0.2) is 24.9 Å². The number of amides is 2. The van der Waals surface area contributed by atoms with Crippen LogP contribution in [-0.2, 0) is 9.59 Å². The lowest BCUT2D eigenvalue weighted by Gasteiger charge is -2.22. The largest absolute Gasteiger partial charge is 0.372 e. The Hall–Kier alpha value is -2.89. The molecule has 0 spiro atoms. The molecule has 1 aliphatic carbocycles. The Morgan fingerprint density at radius 1 is 1.00 bits per heavy atom. The zero-order chi connectivity index (χ0) is 20.3. The van der Waals surface area contributed by atoms with E-state index in [0.29, 0.717) is 24.2 Å². The highest BCUT2D eigenvalue weighted by Gasteiger charge is 2.56. The Bertz CT molecular complexity index is 872. The van der Waals surface area contributed by atoms with Gasteiger partial charge in [0.25, 0.3) is 0 Å². The van der Waals surface area contributed by atoms with E-state index in [-0.39, 0.29) is 17.6 Å². The van der Waals surface area contributed by atoms with E-state index in [4.69, 9.17) is 0 Å². The van der Waals surface area contributed by atoms with Gasteiger partial charge in [-0.3, -0.25) is 9.59 Å². The van der Waals surface area contributed by atoms with Crippen molar-refractivity contribution in [1.82, 2.24) is 0 Å². The summed E-state index contributed by atoms with van der Waals surface area (Å²) in [5.74, 6) is -1.03. The summed E-state index contributed by atoms with van der Waals surface area (Å²) >= 11 is 0. The molecule has 0 aromatic heterocycles. The summed E-state index contributed by atoms with van der Waals surface area (Å²) in [4.78, 5) is 27.7. The minimum Gasteiger partial charge on any atom is -0.372 e. The standard InChI is InChI=1S/C22H26FN3O2/c1-4-26(5-2)18-10-11-19(15(3)14-18)25-21(28)22(12-13-22)20(27)24-17-8-6-16(23)7-9-17/h6-11,14H,4-5,12-13H2,1-3H3,(H,24,27)(H,25,28). The highest BCUT2D eigenvalue weighted by Crippen LogP contribution is 2.47. The van der Waals surface area contributed by atoms with Crippen molar-refractivity contribution in [2.75, 3.05) is 28.6 Å². The van der Waals surface area contributed by atoms with Gasteiger partial charge < -0.3 is 15.5 Å². The Kier molecular flexibility index (Phi) is 5.68. The van der Waals surface area contributed by atoms with Crippen LogP contribution in [0, 0.1) is 18.2 Å². The van der Waals surface area contributed by atoms with Crippen molar-refractivity contribution in [2.24, 2.45) is 5.41 Å². The van der Waals surface area contributed by atoms with E-state index in [0.717, 1.165) is 24.3 Å². The zero-order valence-corrected chi connectivity index (χ0v) is 16.5. The van der Waals surface area contributed by atoms with Crippen LogP contribution < -0.4 is 15.5 Å². The first kappa shape index (κ1) is 19.9. The normalized spacial score (nSPS) is 14.3. The lowest BCUT2D eigenvalue weighted by Crippen LogP contribution is -2.35. The number of carbonyl (C=O) groups is 2. The molecule has 28 heavy (non-hydrogen) atoms. The van der Waals surface area contributed by atoms with E-state index in [1.165, 1.54) is 24.3 Å². The number of carbonyl (C=O) groups excluding carboxylic acids is 2. The molecule has 3 rings (SSSR count). The van der Waals surface area contributed by atoms with Gasteiger partial charge in [0.15, 0.2) is 0 Å². The molecule has 0 aliphatic heterocycles. The number of aryl methyl sites for hydroxylation is 1. The first-order valence-corrected chi connectivity index (χ1v) is 9.63. The van der Waals surface area contributed by atoms with E-state index in [9.17, 15) is 14.0 Å². The maximum absolute atomic E-state index is 13.0. The van der Waals surface area contributed by atoms with E-state index in [1.54, 1.807) is 0 Å². The number of benzene rings is 2. The van der Waals surface area contributed by atoms with Crippen LogP contribution >= 0.6 is 0 Å². The predicted molar refractivity (Wildman–Crippen MR) is 110 cm³/mol. The lowest BCUT2D eigenvalue weighted by molar-refractivity contribution is -0.131. The third kappa shape index (κ3) is 4.01. The number of hydrogen-bond acceptors (Lipinski definition) is 3. The van der Waals surface area contributed by atoms with Crippen molar-refractivity contribution in [2.45, 2.75) is 33.6 Å². The molecule has 0 atom stereocenters. The van der Waals surface area contributed by atoms with Gasteiger partial charge in [0.2, 0.25) is 11.8 Å². The van der Waals surface area contributed by atoms with Gasteiger partial charge >= 0.3 is 0 Å². The Morgan fingerprint density at radius 2 is 1.61 bits per heavy atom. The Labute approximate surface area is 164 Å². The number of halogens is 1. The van der Waals surface area contributed by atoms with E-state index in [2.05, 4.69) is 29.4 Å². The van der Waals surface area contributed by atoms with Gasteiger partial charge in [-0.1, -0.05) is 0 Å². The molecule has 0 heterocycles. The van der Waals surface area contributed by atoms with Crippen molar-refractivity contribution in [3.8, 4) is 0 Å². The van der Waals surface area contributed by atoms with Crippen LogP contribution in [0.3, 0.4) is 0 Å². The molecule has 2 amide bonds. The molecule has 0 radical (unpaired) electrons. The average molecular weight is 383 g/mol. The van der Waals surface area contributed by atoms with Gasteiger partial charge in [0, 0.05) is 30.2 Å². The fraction of sp³-hybridized carbons (Fsp3) is 0.364. The number of anilines is 3. The van der Waals surface area contributed by atoms with Crippen LogP contribution in [0.25, 0.3) is 0 Å². The zero-order valence-electron chi connectivity index (χ0n) is 16.5. The minimum absolute atomic E-state index is 0.300. The van der Waals surface area contributed by atoms with Gasteiger partial charge in [-0.2, -0.15) is 0 Å². The highest BCUT2D eigenvalue weighted by molar-refractivity contribution is 6.17. The minimum atomic E-state index is -1.06. The quantitative estimate of drug-likeness (QED) is 0.699. The molecule has 2 aromatic rings. The first-order chi connectivity index (χ1) is 13.4. The summed E-state index contributed by atoms with van der Waals surface area (Å²) in [6.07, 6.45) is 1.00. The number of hydrogen-bond donors (Lipinski definition) is 2. The predicted octanol–water partition coefficient (Wildman–Crippen LogP) is 4.34. The van der Waals surface area contributed by atoms with Crippen LogP contribution in [0.4, 0.5) is 21.5 Å². The van der Waals surface area contributed by atoms with Gasteiger partial charge in [0.05, 0.1) is 0 Å². The van der Waals surface area contributed by atoms with E-state index in [1.807, 2.05) is 25.1 Å². The molecule has 0 unspecified atom stereocenters. The van der Waals surface area contributed by atoms with Gasteiger partial charge in [-0.15, -0.1) is 0 Å². The van der Waals surface area contributed by atoms with Crippen molar-refractivity contribution in [1.29, 1.82) is 0 Å². The lowest BCUT2D eigenvalue weighted by atomic mass is 10.0. The third-order valence-corrected chi connectivity index (χ3v) is 5.31. The summed E-state index contributed by atoms with van der Waals surface area (Å²) in [5.41, 5.74) is 2.19. The molecule has 148 valence electrons. The molecular weight excluding hydrogens is 357 g/mol. The second-order valence-electron chi connectivity index (χ2n) is 7.17. The maximum Gasteiger partial charge on any atom is 0.240 e. The van der Waals surface area contributed by atoms with Crippen LogP contribution in [0.15, 0.2) is 42.5 Å². The molecule has 5 nitrogen and oxygen atoms in total. The van der Waals surface area contributed by atoms with Gasteiger partial charge in [-0.05, 0) is 81.6 Å².